The minimum absolute atomic E-state index is 0.0724. The minimum atomic E-state index is -3.58. The molecule has 0 N–H and O–H groups in total. The number of fused-ring (bicyclic) bond motifs is 1. The molecule has 156 valence electrons. The second-order valence-corrected chi connectivity index (χ2v) is 9.97. The topological polar surface area (TPSA) is 108 Å². The van der Waals surface area contributed by atoms with Crippen LogP contribution in [0.15, 0.2) is 29.8 Å². The summed E-state index contributed by atoms with van der Waals surface area (Å²) in [6.07, 6.45) is 9.00. The van der Waals surface area contributed by atoms with Crippen LogP contribution in [0.3, 0.4) is 0 Å². The molecule has 0 amide bonds. The lowest BCUT2D eigenvalue weighted by molar-refractivity contribution is -0.153. The van der Waals surface area contributed by atoms with Crippen LogP contribution in [0, 0.1) is 5.41 Å². The van der Waals surface area contributed by atoms with Crippen LogP contribution in [-0.2, 0) is 32.8 Å². The van der Waals surface area contributed by atoms with Crippen molar-refractivity contribution in [2.75, 3.05) is 12.9 Å². The summed E-state index contributed by atoms with van der Waals surface area (Å²) in [5.41, 5.74) is 1.83. The Morgan fingerprint density at radius 1 is 1.21 bits per heavy atom. The van der Waals surface area contributed by atoms with Gasteiger partial charge in [-0.15, -0.1) is 0 Å². The lowest BCUT2D eigenvalue weighted by atomic mass is 9.97. The van der Waals surface area contributed by atoms with Crippen molar-refractivity contribution < 1.29 is 17.9 Å². The van der Waals surface area contributed by atoms with Crippen molar-refractivity contribution in [1.82, 2.24) is 24.1 Å². The average Bonchev–Trinajstić information content (AvgIpc) is 3.21. The van der Waals surface area contributed by atoms with E-state index in [0.717, 1.165) is 17.5 Å². The zero-order chi connectivity index (χ0) is 21.4. The smallest absolute Gasteiger partial charge is 0.311 e. The number of aryl methyl sites for hydroxylation is 2. The molecule has 0 radical (unpaired) electrons. The lowest BCUT2D eigenvalue weighted by Gasteiger charge is -2.16. The van der Waals surface area contributed by atoms with Gasteiger partial charge in [0.1, 0.15) is 0 Å². The maximum atomic E-state index is 12.3. The number of hydrogen-bond acceptors (Lipinski definition) is 7. The van der Waals surface area contributed by atoms with Crippen LogP contribution in [0.4, 0.5) is 0 Å². The van der Waals surface area contributed by atoms with Gasteiger partial charge in [-0.25, -0.2) is 18.4 Å². The van der Waals surface area contributed by atoms with Gasteiger partial charge in [-0.1, -0.05) is 0 Å². The first kappa shape index (κ1) is 21.0. The molecular formula is C19H25N5O4S. The molecule has 0 aliphatic carbocycles. The Morgan fingerprint density at radius 3 is 2.52 bits per heavy atom. The van der Waals surface area contributed by atoms with Gasteiger partial charge in [0.25, 0.3) is 0 Å². The van der Waals surface area contributed by atoms with Gasteiger partial charge >= 0.3 is 5.97 Å². The summed E-state index contributed by atoms with van der Waals surface area (Å²) < 4.78 is 33.2. The van der Waals surface area contributed by atoms with E-state index in [1.165, 1.54) is 0 Å². The molecule has 3 aromatic heterocycles. The molecule has 9 nitrogen and oxygen atoms in total. The van der Waals surface area contributed by atoms with Gasteiger partial charge in [-0.2, -0.15) is 5.10 Å². The van der Waals surface area contributed by atoms with E-state index in [9.17, 15) is 13.2 Å². The Labute approximate surface area is 169 Å². The zero-order valence-corrected chi connectivity index (χ0v) is 18.0. The first-order valence-corrected chi connectivity index (χ1v) is 11.1. The van der Waals surface area contributed by atoms with Crippen LogP contribution < -0.4 is 0 Å². The molecule has 0 aliphatic heterocycles. The van der Waals surface area contributed by atoms with E-state index in [4.69, 9.17) is 4.74 Å². The highest BCUT2D eigenvalue weighted by Crippen LogP contribution is 2.24. The third-order valence-electron chi connectivity index (χ3n) is 4.29. The van der Waals surface area contributed by atoms with Gasteiger partial charge in [0.15, 0.2) is 20.5 Å². The highest BCUT2D eigenvalue weighted by atomic mass is 32.2. The number of nitrogens with zero attached hydrogens (tertiary/aromatic N) is 5. The predicted octanol–water partition coefficient (Wildman–Crippen LogP) is 2.06. The normalized spacial score (nSPS) is 12.4. The molecule has 0 atom stereocenters. The molecule has 10 heteroatoms. The standard InChI is InChI=1S/C19H25N5O4S/c1-19(2,3)18(25)28-8-6-7-14-12-24-15(13-9-21-23(4)11-13)10-20-16(24)17(22-14)29(5,26)27/h9-12H,6-8H2,1-5H3. The van der Waals surface area contributed by atoms with Crippen molar-refractivity contribution in [1.29, 1.82) is 0 Å². The molecule has 3 rings (SSSR count). The third-order valence-corrected chi connectivity index (χ3v) is 5.26. The van der Waals surface area contributed by atoms with Crippen molar-refractivity contribution in [2.24, 2.45) is 12.5 Å². The van der Waals surface area contributed by atoms with Gasteiger partial charge in [0, 0.05) is 31.3 Å². The molecule has 0 aliphatic rings. The fraction of sp³-hybridized carbons (Fsp3) is 0.474. The number of carbonyl (C=O) groups is 1. The summed E-state index contributed by atoms with van der Waals surface area (Å²) in [5.74, 6) is -0.272. The van der Waals surface area contributed by atoms with Gasteiger partial charge in [-0.3, -0.25) is 13.9 Å². The van der Waals surface area contributed by atoms with Crippen molar-refractivity contribution in [3.8, 4) is 11.3 Å². The Hall–Kier alpha value is -2.75. The van der Waals surface area contributed by atoms with E-state index in [-0.39, 0.29) is 23.2 Å². The number of ether oxygens (including phenoxy) is 1. The fourth-order valence-electron chi connectivity index (χ4n) is 2.78. The molecule has 0 bridgehead atoms. The van der Waals surface area contributed by atoms with Crippen LogP contribution in [0.1, 0.15) is 32.9 Å². The van der Waals surface area contributed by atoms with Gasteiger partial charge in [0.05, 0.1) is 35.8 Å². The van der Waals surface area contributed by atoms with Gasteiger partial charge < -0.3 is 4.74 Å². The van der Waals surface area contributed by atoms with Gasteiger partial charge in [0.2, 0.25) is 0 Å². The fourth-order valence-corrected chi connectivity index (χ4v) is 3.54. The minimum Gasteiger partial charge on any atom is -0.465 e. The highest BCUT2D eigenvalue weighted by Gasteiger charge is 2.23. The SMILES string of the molecule is Cn1cc(-c2cnc3c(S(C)(=O)=O)nc(CCCOC(=O)C(C)(C)C)cn23)cn1. The van der Waals surface area contributed by atoms with E-state index >= 15 is 0 Å². The first-order chi connectivity index (χ1) is 13.5. The number of esters is 1. The molecule has 0 spiro atoms. The molecular weight excluding hydrogens is 394 g/mol. The van der Waals surface area contributed by atoms with Crippen molar-refractivity contribution in [2.45, 2.75) is 38.6 Å². The summed E-state index contributed by atoms with van der Waals surface area (Å²) in [4.78, 5) is 20.5. The van der Waals surface area contributed by atoms with Gasteiger partial charge in [-0.05, 0) is 33.6 Å². The average molecular weight is 420 g/mol. The first-order valence-electron chi connectivity index (χ1n) is 9.20. The lowest BCUT2D eigenvalue weighted by Crippen LogP contribution is -2.23. The van der Waals surface area contributed by atoms with Crippen LogP contribution in [0.5, 0.6) is 0 Å². The number of carbonyl (C=O) groups excluding carboxylic acids is 1. The molecule has 3 aromatic rings. The number of sulfone groups is 1. The third kappa shape index (κ3) is 4.64. The Balaban J connectivity index is 1.90. The van der Waals surface area contributed by atoms with E-state index < -0.39 is 15.3 Å². The molecule has 0 aromatic carbocycles. The van der Waals surface area contributed by atoms with Crippen molar-refractivity contribution >= 4 is 21.5 Å². The summed E-state index contributed by atoms with van der Waals surface area (Å²) in [7, 11) is -1.77. The molecule has 3 heterocycles. The van der Waals surface area contributed by atoms with Crippen LogP contribution in [-0.4, -0.2) is 51.4 Å². The summed E-state index contributed by atoms with van der Waals surface area (Å²) in [5, 5.41) is 4.09. The molecule has 29 heavy (non-hydrogen) atoms. The maximum Gasteiger partial charge on any atom is 0.311 e. The van der Waals surface area contributed by atoms with Crippen molar-refractivity contribution in [3.63, 3.8) is 0 Å². The molecule has 0 fully saturated rings. The summed E-state index contributed by atoms with van der Waals surface area (Å²) in [6.45, 7) is 5.62. The maximum absolute atomic E-state index is 12.3. The molecule has 0 unspecified atom stereocenters. The number of imidazole rings is 1. The second kappa shape index (κ2) is 7.58. The Bertz CT molecular complexity index is 1160. The Morgan fingerprint density at radius 2 is 1.93 bits per heavy atom. The number of hydrogen-bond donors (Lipinski definition) is 0. The monoisotopic (exact) mass is 419 g/mol. The summed E-state index contributed by atoms with van der Waals surface area (Å²) in [6, 6.07) is 0. The zero-order valence-electron chi connectivity index (χ0n) is 17.2. The predicted molar refractivity (Wildman–Crippen MR) is 107 cm³/mol. The van der Waals surface area contributed by atoms with E-state index in [2.05, 4.69) is 15.1 Å². The van der Waals surface area contributed by atoms with E-state index in [0.29, 0.717) is 18.5 Å². The van der Waals surface area contributed by atoms with E-state index in [1.807, 2.05) is 6.20 Å². The van der Waals surface area contributed by atoms with Crippen LogP contribution in [0.2, 0.25) is 0 Å². The molecule has 0 saturated heterocycles. The Kier molecular flexibility index (Phi) is 5.48. The van der Waals surface area contributed by atoms with Crippen LogP contribution >= 0.6 is 0 Å². The number of rotatable bonds is 6. The van der Waals surface area contributed by atoms with E-state index in [1.54, 1.807) is 55.5 Å². The quantitative estimate of drug-likeness (QED) is 0.444. The largest absolute Gasteiger partial charge is 0.465 e. The van der Waals surface area contributed by atoms with Crippen LogP contribution in [0.25, 0.3) is 16.9 Å². The number of aromatic nitrogens is 5. The highest BCUT2D eigenvalue weighted by molar-refractivity contribution is 7.90. The van der Waals surface area contributed by atoms with Crippen molar-refractivity contribution in [3.05, 3.63) is 30.5 Å². The molecule has 0 saturated carbocycles. The summed E-state index contributed by atoms with van der Waals surface area (Å²) >= 11 is 0. The second-order valence-electron chi connectivity index (χ2n) is 8.04.